The van der Waals surface area contributed by atoms with Gasteiger partial charge in [-0.15, -0.1) is 0 Å². The van der Waals surface area contributed by atoms with Crippen LogP contribution >= 0.6 is 0 Å². The highest BCUT2D eigenvalue weighted by Gasteiger charge is 2.36. The van der Waals surface area contributed by atoms with E-state index in [4.69, 9.17) is 9.97 Å². The van der Waals surface area contributed by atoms with E-state index < -0.39 is 0 Å². The fourth-order valence-corrected chi connectivity index (χ4v) is 8.04. The van der Waals surface area contributed by atoms with Gasteiger partial charge in [0.15, 0.2) is 13.8 Å². The number of Topliss-reactive ketones (excluding diaryl/α,β-unsaturated/α-hetero) is 1. The molecule has 0 radical (unpaired) electrons. The third kappa shape index (κ3) is 6.29. The third-order valence-electron chi connectivity index (χ3n) is 10.9. The van der Waals surface area contributed by atoms with Crippen molar-refractivity contribution in [2.45, 2.75) is 111 Å². The Morgan fingerprint density at radius 3 is 2.38 bits per heavy atom. The Morgan fingerprint density at radius 1 is 0.917 bits per heavy atom. The first-order valence-electron chi connectivity index (χ1n) is 18.1. The molecule has 0 fully saturated rings. The molecule has 252 valence electrons. The number of carbonyl (C=O) groups excluding carboxylic acids is 2. The molecule has 3 aromatic heterocycles. The van der Waals surface area contributed by atoms with Crippen molar-refractivity contribution < 1.29 is 9.59 Å². The number of aryl methyl sites for hydroxylation is 3. The number of amides is 1. The molecule has 6 rings (SSSR count). The maximum atomic E-state index is 13.6. The number of nitrogens with zero attached hydrogens (tertiary/aromatic N) is 2. The summed E-state index contributed by atoms with van der Waals surface area (Å²) in [4.78, 5) is 44.5. The fourth-order valence-electron chi connectivity index (χ4n) is 8.04. The number of nitrogens with one attached hydrogen (secondary N) is 4. The Balaban J connectivity index is 1.45. The summed E-state index contributed by atoms with van der Waals surface area (Å²) >= 11 is 0. The summed E-state index contributed by atoms with van der Waals surface area (Å²) in [5.74, 6) is 0.342. The minimum absolute atomic E-state index is 0.0316. The summed E-state index contributed by atoms with van der Waals surface area (Å²) in [7, 11) is 1.98. The molecule has 0 unspecified atom stereocenters. The van der Waals surface area contributed by atoms with Crippen molar-refractivity contribution in [2.75, 3.05) is 13.1 Å². The van der Waals surface area contributed by atoms with E-state index in [1.165, 1.54) is 28.7 Å². The highest BCUT2D eigenvalue weighted by molar-refractivity contribution is 6.13. The minimum Gasteiger partial charge on any atom is -0.362 e. The maximum Gasteiger partial charge on any atom is 0.220 e. The molecular formula is C39H51BN6O2. The van der Waals surface area contributed by atoms with Crippen molar-refractivity contribution in [1.29, 1.82) is 0 Å². The number of hydrogen-bond acceptors (Lipinski definition) is 5. The van der Waals surface area contributed by atoms with Crippen molar-refractivity contribution in [2.24, 2.45) is 0 Å². The molecule has 48 heavy (non-hydrogen) atoms. The van der Waals surface area contributed by atoms with E-state index in [2.05, 4.69) is 73.3 Å². The van der Waals surface area contributed by atoms with Crippen LogP contribution in [0.1, 0.15) is 140 Å². The van der Waals surface area contributed by atoms with Crippen LogP contribution in [-0.2, 0) is 17.6 Å². The zero-order chi connectivity index (χ0) is 34.1. The normalized spacial score (nSPS) is 17.1. The Labute approximate surface area is 285 Å². The number of H-pyrrole nitrogens is 2. The van der Waals surface area contributed by atoms with Gasteiger partial charge >= 0.3 is 0 Å². The largest absolute Gasteiger partial charge is 0.362 e. The van der Waals surface area contributed by atoms with E-state index in [-0.39, 0.29) is 23.5 Å². The summed E-state index contributed by atoms with van der Waals surface area (Å²) < 4.78 is 0. The van der Waals surface area contributed by atoms with Gasteiger partial charge in [0.25, 0.3) is 0 Å². The molecule has 1 aliphatic carbocycles. The van der Waals surface area contributed by atoms with E-state index in [1.54, 1.807) is 0 Å². The van der Waals surface area contributed by atoms with Gasteiger partial charge < -0.3 is 20.5 Å². The highest BCUT2D eigenvalue weighted by Crippen LogP contribution is 2.44. The van der Waals surface area contributed by atoms with E-state index in [1.807, 2.05) is 14.9 Å². The van der Waals surface area contributed by atoms with Crippen LogP contribution in [0, 0.1) is 13.8 Å². The second-order valence-corrected chi connectivity index (χ2v) is 13.9. The molecule has 0 saturated carbocycles. The summed E-state index contributed by atoms with van der Waals surface area (Å²) in [6.07, 6.45) is 7.67. The molecule has 0 saturated heterocycles. The molecule has 1 amide bonds. The molecule has 2 aliphatic heterocycles. The van der Waals surface area contributed by atoms with Gasteiger partial charge in [-0.1, -0.05) is 33.6 Å². The summed E-state index contributed by atoms with van der Waals surface area (Å²) in [5.41, 5.74) is 15.4. The molecular weight excluding hydrogens is 595 g/mol. The fraction of sp³-hybridized carbons (Fsp3) is 0.487. The van der Waals surface area contributed by atoms with Crippen molar-refractivity contribution in [1.82, 2.24) is 30.5 Å². The number of aromatic amines is 2. The Kier molecular flexibility index (Phi) is 10.1. The molecule has 3 aliphatic rings. The van der Waals surface area contributed by atoms with Crippen LogP contribution in [0.4, 0.5) is 0 Å². The standard InChI is InChI=1S/C39H51BN6O2/c1-7-25-21(3)29-18-31-23(5)27(13-14-36(48)41-15-11-9-10-12-16-42-40)38(45-31)28-17-35(47)37-24(6)32(46-39(28)37)20-34-26(8-2)22(4)30(44-34)19-33(25)43-29/h18-20,23,27,42-43,46H,7-17,40H2,1-6H3,(H,41,48)/t23-,27-/m0/s1. The van der Waals surface area contributed by atoms with Gasteiger partial charge in [-0.05, 0) is 105 Å². The van der Waals surface area contributed by atoms with Crippen molar-refractivity contribution in [3.05, 3.63) is 68.8 Å². The molecule has 9 heteroatoms. The van der Waals surface area contributed by atoms with Gasteiger partial charge in [0.1, 0.15) is 0 Å². The first-order chi connectivity index (χ1) is 23.2. The number of fused-ring (bicyclic) bond motifs is 8. The maximum absolute atomic E-state index is 13.6. The number of hydrogen-bond donors (Lipinski definition) is 4. The van der Waals surface area contributed by atoms with Crippen LogP contribution in [0.2, 0.25) is 0 Å². The first kappa shape index (κ1) is 33.9. The molecule has 3 aromatic rings. The lowest BCUT2D eigenvalue weighted by Gasteiger charge is -2.17. The van der Waals surface area contributed by atoms with Crippen molar-refractivity contribution in [3.8, 4) is 0 Å². The summed E-state index contributed by atoms with van der Waals surface area (Å²) in [6, 6.07) is 6.51. The number of carbonyl (C=O) groups is 2. The van der Waals surface area contributed by atoms with E-state index in [0.29, 0.717) is 25.8 Å². The average molecular weight is 647 g/mol. The lowest BCUT2D eigenvalue weighted by molar-refractivity contribution is -0.121. The number of ketones is 1. The van der Waals surface area contributed by atoms with Crippen LogP contribution in [0.15, 0.2) is 18.2 Å². The monoisotopic (exact) mass is 646 g/mol. The highest BCUT2D eigenvalue weighted by atomic mass is 16.1. The molecule has 4 N–H and O–H groups in total. The summed E-state index contributed by atoms with van der Waals surface area (Å²) in [5, 5.41) is 6.34. The second-order valence-electron chi connectivity index (χ2n) is 13.9. The van der Waals surface area contributed by atoms with Crippen LogP contribution in [-0.4, -0.2) is 52.7 Å². The van der Waals surface area contributed by atoms with Gasteiger partial charge in [0, 0.05) is 64.6 Å². The molecule has 0 aromatic carbocycles. The van der Waals surface area contributed by atoms with E-state index in [9.17, 15) is 9.59 Å². The van der Waals surface area contributed by atoms with Crippen LogP contribution in [0.5, 0.6) is 0 Å². The SMILES string of the molecule is BNCCCCCCNC(=O)CC[C@@H]1c2nc(cc3[nH]c(cc4nc(cc5[nH]c6c2CC(=O)c6c5C)C(CC)=C4C)c(CC)c3C)[C@H]1C. The zero-order valence-corrected chi connectivity index (χ0v) is 29.9. The van der Waals surface area contributed by atoms with Gasteiger partial charge in [-0.25, -0.2) is 4.98 Å². The zero-order valence-electron chi connectivity index (χ0n) is 29.9. The Hall–Kier alpha value is -3.98. The van der Waals surface area contributed by atoms with Crippen LogP contribution in [0.3, 0.4) is 0 Å². The molecule has 0 spiro atoms. The Morgan fingerprint density at radius 2 is 1.65 bits per heavy atom. The molecule has 5 heterocycles. The van der Waals surface area contributed by atoms with E-state index in [0.717, 1.165) is 100 Å². The number of aromatic nitrogens is 4. The van der Waals surface area contributed by atoms with Gasteiger partial charge in [-0.2, -0.15) is 0 Å². The van der Waals surface area contributed by atoms with Gasteiger partial charge in [0.2, 0.25) is 5.91 Å². The second kappa shape index (κ2) is 14.2. The van der Waals surface area contributed by atoms with E-state index >= 15 is 0 Å². The van der Waals surface area contributed by atoms with Gasteiger partial charge in [-0.3, -0.25) is 14.6 Å². The quantitative estimate of drug-likeness (QED) is 0.124. The topological polar surface area (TPSA) is 116 Å². The molecule has 8 nitrogen and oxygen atoms in total. The average Bonchev–Trinajstić information content (AvgIpc) is 3.82. The summed E-state index contributed by atoms with van der Waals surface area (Å²) in [6.45, 7) is 14.7. The minimum atomic E-state index is 0.0316. The van der Waals surface area contributed by atoms with Crippen LogP contribution < -0.4 is 10.5 Å². The predicted octanol–water partition coefficient (Wildman–Crippen LogP) is 7.06. The van der Waals surface area contributed by atoms with Gasteiger partial charge in [0.05, 0.1) is 22.6 Å². The predicted molar refractivity (Wildman–Crippen MR) is 199 cm³/mol. The van der Waals surface area contributed by atoms with Crippen LogP contribution in [0.25, 0.3) is 33.2 Å². The lowest BCUT2D eigenvalue weighted by atomic mass is 9.85. The smallest absolute Gasteiger partial charge is 0.220 e. The lowest BCUT2D eigenvalue weighted by Crippen LogP contribution is -2.25. The molecule has 8 bridgehead atoms. The third-order valence-corrected chi connectivity index (χ3v) is 10.9. The Bertz CT molecular complexity index is 1950. The van der Waals surface area contributed by atoms with Crippen molar-refractivity contribution in [3.63, 3.8) is 0 Å². The number of allylic oxidation sites excluding steroid dienone is 2. The number of unbranched alkanes of at least 4 members (excludes halogenated alkanes) is 3. The van der Waals surface area contributed by atoms with Crippen molar-refractivity contribution >= 4 is 52.9 Å². The molecule has 2 atom stereocenters. The number of rotatable bonds is 12. The first-order valence-corrected chi connectivity index (χ1v) is 18.1.